The van der Waals surface area contributed by atoms with E-state index in [-0.39, 0.29) is 6.54 Å². The summed E-state index contributed by atoms with van der Waals surface area (Å²) in [7, 11) is 3.02. The highest BCUT2D eigenvalue weighted by Gasteiger charge is 2.21. The van der Waals surface area contributed by atoms with Gasteiger partial charge in [-0.1, -0.05) is 17.7 Å². The number of rotatable bonds is 6. The molecule has 0 fully saturated rings. The number of aromatic nitrogens is 2. The number of methoxy groups -OCH3 is 2. The molecule has 10 heteroatoms. The molecule has 4 aromatic rings. The predicted octanol–water partition coefficient (Wildman–Crippen LogP) is 4.14. The molecule has 0 aliphatic rings. The normalized spacial score (nSPS) is 11.0. The number of hydrogen-bond donors (Lipinski definition) is 1. The molecule has 0 radical (unpaired) electrons. The first-order valence-electron chi connectivity index (χ1n) is 10.3. The molecule has 0 saturated heterocycles. The first-order valence-corrected chi connectivity index (χ1v) is 11.5. The molecular formula is C24H22ClN3O5S. The zero-order valence-electron chi connectivity index (χ0n) is 19.0. The quantitative estimate of drug-likeness (QED) is 0.430. The molecule has 0 aliphatic carbocycles. The van der Waals surface area contributed by atoms with Crippen molar-refractivity contribution in [1.29, 1.82) is 0 Å². The summed E-state index contributed by atoms with van der Waals surface area (Å²) < 4.78 is 12.9. The lowest BCUT2D eigenvalue weighted by molar-refractivity contribution is -0.116. The van der Waals surface area contributed by atoms with E-state index < -0.39 is 17.2 Å². The Morgan fingerprint density at radius 2 is 1.79 bits per heavy atom. The van der Waals surface area contributed by atoms with Gasteiger partial charge in [-0.3, -0.25) is 14.2 Å². The number of amides is 1. The van der Waals surface area contributed by atoms with Crippen LogP contribution in [0.15, 0.2) is 52.1 Å². The number of hydrogen-bond acceptors (Lipinski definition) is 6. The molecule has 8 nitrogen and oxygen atoms in total. The zero-order chi connectivity index (χ0) is 24.6. The SMILES string of the molecule is COc1ccc(NC(=O)Cn2c(=O)n(-c3cccc(Cl)c3)c(=O)c3c(C)c(C)sc32)cc1OC. The van der Waals surface area contributed by atoms with Gasteiger partial charge >= 0.3 is 5.69 Å². The summed E-state index contributed by atoms with van der Waals surface area (Å²) in [4.78, 5) is 41.1. The van der Waals surface area contributed by atoms with E-state index in [4.69, 9.17) is 21.1 Å². The van der Waals surface area contributed by atoms with Crippen molar-refractivity contribution in [2.24, 2.45) is 0 Å². The first-order chi connectivity index (χ1) is 16.2. The summed E-state index contributed by atoms with van der Waals surface area (Å²) in [5.74, 6) is 0.547. The van der Waals surface area contributed by atoms with E-state index in [2.05, 4.69) is 5.32 Å². The van der Waals surface area contributed by atoms with E-state index in [1.165, 1.54) is 30.1 Å². The van der Waals surface area contributed by atoms with Crippen LogP contribution in [0.2, 0.25) is 5.02 Å². The molecule has 0 spiro atoms. The predicted molar refractivity (Wildman–Crippen MR) is 134 cm³/mol. The number of fused-ring (bicyclic) bond motifs is 1. The average molecular weight is 500 g/mol. The van der Waals surface area contributed by atoms with Crippen LogP contribution >= 0.6 is 22.9 Å². The number of nitrogens with one attached hydrogen (secondary N) is 1. The van der Waals surface area contributed by atoms with E-state index in [0.717, 1.165) is 15.0 Å². The molecule has 0 atom stereocenters. The molecule has 0 bridgehead atoms. The van der Waals surface area contributed by atoms with Crippen LogP contribution in [0, 0.1) is 13.8 Å². The minimum Gasteiger partial charge on any atom is -0.493 e. The maximum atomic E-state index is 13.5. The number of thiophene rings is 1. The average Bonchev–Trinajstić information content (AvgIpc) is 3.11. The lowest BCUT2D eigenvalue weighted by Crippen LogP contribution is -2.40. The van der Waals surface area contributed by atoms with Crippen molar-refractivity contribution in [1.82, 2.24) is 9.13 Å². The van der Waals surface area contributed by atoms with Crippen molar-refractivity contribution in [3.05, 3.63) is 78.8 Å². The number of aryl methyl sites for hydroxylation is 2. The fourth-order valence-electron chi connectivity index (χ4n) is 3.70. The first kappa shape index (κ1) is 23.6. The van der Waals surface area contributed by atoms with Gasteiger partial charge in [-0.25, -0.2) is 9.36 Å². The van der Waals surface area contributed by atoms with Crippen molar-refractivity contribution >= 4 is 44.7 Å². The van der Waals surface area contributed by atoms with Crippen LogP contribution in [0.1, 0.15) is 10.4 Å². The van der Waals surface area contributed by atoms with Crippen molar-refractivity contribution in [2.45, 2.75) is 20.4 Å². The van der Waals surface area contributed by atoms with Gasteiger partial charge in [0.05, 0.1) is 25.3 Å². The second-order valence-corrected chi connectivity index (χ2v) is 9.21. The summed E-state index contributed by atoms with van der Waals surface area (Å²) in [6.45, 7) is 3.42. The fourth-order valence-corrected chi connectivity index (χ4v) is 5.02. The number of benzene rings is 2. The Kier molecular flexibility index (Phi) is 6.49. The van der Waals surface area contributed by atoms with E-state index in [9.17, 15) is 14.4 Å². The Morgan fingerprint density at radius 3 is 2.47 bits per heavy atom. The number of ether oxygens (including phenoxy) is 2. The van der Waals surface area contributed by atoms with Gasteiger partial charge in [0, 0.05) is 21.7 Å². The third kappa shape index (κ3) is 4.20. The van der Waals surface area contributed by atoms with Gasteiger partial charge in [-0.15, -0.1) is 11.3 Å². The standard InChI is InChI=1S/C24H22ClN3O5S/c1-13-14(2)34-23-21(13)22(30)28(17-7-5-6-15(25)10-17)24(31)27(23)12-20(29)26-16-8-9-18(32-3)19(11-16)33-4/h5-11H,12H2,1-4H3,(H,26,29). The fraction of sp³-hybridized carbons (Fsp3) is 0.208. The number of anilines is 1. The third-order valence-electron chi connectivity index (χ3n) is 5.49. The highest BCUT2D eigenvalue weighted by Crippen LogP contribution is 2.30. The van der Waals surface area contributed by atoms with Gasteiger partial charge in [0.25, 0.3) is 5.56 Å². The molecule has 0 saturated carbocycles. The number of nitrogens with zero attached hydrogens (tertiary/aromatic N) is 2. The monoisotopic (exact) mass is 499 g/mol. The maximum Gasteiger partial charge on any atom is 0.337 e. The van der Waals surface area contributed by atoms with Gasteiger partial charge in [0.15, 0.2) is 11.5 Å². The van der Waals surface area contributed by atoms with Crippen molar-refractivity contribution in [2.75, 3.05) is 19.5 Å². The third-order valence-corrected chi connectivity index (χ3v) is 6.95. The molecule has 1 N–H and O–H groups in total. The van der Waals surface area contributed by atoms with Crippen LogP contribution in [0.4, 0.5) is 5.69 Å². The second-order valence-electron chi connectivity index (χ2n) is 7.57. The van der Waals surface area contributed by atoms with Crippen LogP contribution in [0.25, 0.3) is 15.9 Å². The zero-order valence-corrected chi connectivity index (χ0v) is 20.5. The molecule has 1 amide bonds. The van der Waals surface area contributed by atoms with E-state index in [0.29, 0.717) is 38.1 Å². The Hall–Kier alpha value is -3.56. The van der Waals surface area contributed by atoms with Crippen molar-refractivity contribution in [3.8, 4) is 17.2 Å². The van der Waals surface area contributed by atoms with E-state index >= 15 is 0 Å². The molecule has 4 rings (SSSR count). The van der Waals surface area contributed by atoms with Gasteiger partial charge in [0.1, 0.15) is 11.4 Å². The van der Waals surface area contributed by atoms with Crippen molar-refractivity contribution in [3.63, 3.8) is 0 Å². The summed E-state index contributed by atoms with van der Waals surface area (Å²) in [5.41, 5.74) is 0.523. The van der Waals surface area contributed by atoms with Gasteiger partial charge in [-0.05, 0) is 49.7 Å². The smallest absolute Gasteiger partial charge is 0.337 e. The molecule has 2 aromatic heterocycles. The van der Waals surface area contributed by atoms with E-state index in [1.54, 1.807) is 42.5 Å². The van der Waals surface area contributed by atoms with Crippen LogP contribution in [0.3, 0.4) is 0 Å². The number of halogens is 1. The molecule has 2 heterocycles. The minimum atomic E-state index is -0.622. The molecule has 0 unspecified atom stereocenters. The lowest BCUT2D eigenvalue weighted by atomic mass is 10.2. The molecule has 2 aromatic carbocycles. The van der Waals surface area contributed by atoms with E-state index in [1.807, 2.05) is 13.8 Å². The Labute approximate surface area is 203 Å². The summed E-state index contributed by atoms with van der Waals surface area (Å²) in [5, 5.41) is 3.57. The minimum absolute atomic E-state index is 0.288. The highest BCUT2D eigenvalue weighted by atomic mass is 35.5. The number of carbonyl (C=O) groups excluding carboxylic acids is 1. The Balaban J connectivity index is 1.81. The second kappa shape index (κ2) is 9.36. The largest absolute Gasteiger partial charge is 0.493 e. The van der Waals surface area contributed by atoms with Crippen LogP contribution < -0.4 is 26.0 Å². The molecule has 0 aliphatic heterocycles. The molecule has 34 heavy (non-hydrogen) atoms. The summed E-state index contributed by atoms with van der Waals surface area (Å²) in [6, 6.07) is 11.5. The summed E-state index contributed by atoms with van der Waals surface area (Å²) >= 11 is 7.42. The van der Waals surface area contributed by atoms with Gasteiger partial charge in [-0.2, -0.15) is 0 Å². The lowest BCUT2D eigenvalue weighted by Gasteiger charge is -2.14. The van der Waals surface area contributed by atoms with Crippen LogP contribution in [0.5, 0.6) is 11.5 Å². The molecular weight excluding hydrogens is 478 g/mol. The van der Waals surface area contributed by atoms with Crippen LogP contribution in [-0.2, 0) is 11.3 Å². The van der Waals surface area contributed by atoms with Crippen molar-refractivity contribution < 1.29 is 14.3 Å². The Morgan fingerprint density at radius 1 is 1.06 bits per heavy atom. The topological polar surface area (TPSA) is 91.6 Å². The van der Waals surface area contributed by atoms with Gasteiger partial charge in [0.2, 0.25) is 5.91 Å². The summed E-state index contributed by atoms with van der Waals surface area (Å²) in [6.07, 6.45) is 0. The highest BCUT2D eigenvalue weighted by molar-refractivity contribution is 7.18. The molecule has 176 valence electrons. The maximum absolute atomic E-state index is 13.5. The van der Waals surface area contributed by atoms with Gasteiger partial charge < -0.3 is 14.8 Å². The Bertz CT molecular complexity index is 1540. The van der Waals surface area contributed by atoms with Crippen LogP contribution in [-0.4, -0.2) is 29.3 Å². The number of carbonyl (C=O) groups is 1.